The van der Waals surface area contributed by atoms with E-state index < -0.39 is 0 Å². The monoisotopic (exact) mass is 332 g/mol. The molecule has 2 amide bonds. The van der Waals surface area contributed by atoms with Crippen LogP contribution in [0.25, 0.3) is 5.69 Å². The SMILES string of the molecule is CC(=O)N1CC(C(=O)Nc2cc(C)nn2-c2cccc(Cl)c2)C1. The van der Waals surface area contributed by atoms with E-state index in [2.05, 4.69) is 10.4 Å². The van der Waals surface area contributed by atoms with Gasteiger partial charge in [0.1, 0.15) is 5.82 Å². The Kier molecular flexibility index (Phi) is 4.09. The lowest BCUT2D eigenvalue weighted by Gasteiger charge is -2.37. The van der Waals surface area contributed by atoms with Gasteiger partial charge in [-0.3, -0.25) is 9.59 Å². The molecule has 2 heterocycles. The standard InChI is InChI=1S/C16H17ClN4O2/c1-10-6-15(18-16(23)12-8-20(9-12)11(2)22)21(19-10)14-5-3-4-13(17)7-14/h3-7,12H,8-9H2,1-2H3,(H,18,23). The molecule has 1 N–H and O–H groups in total. The molecule has 0 unspecified atom stereocenters. The Hall–Kier alpha value is -2.34. The predicted molar refractivity (Wildman–Crippen MR) is 87.7 cm³/mol. The van der Waals surface area contributed by atoms with Crippen LogP contribution < -0.4 is 5.32 Å². The highest BCUT2D eigenvalue weighted by Gasteiger charge is 2.34. The van der Waals surface area contributed by atoms with E-state index in [4.69, 9.17) is 11.6 Å². The third kappa shape index (κ3) is 3.22. The van der Waals surface area contributed by atoms with E-state index in [9.17, 15) is 9.59 Å². The summed E-state index contributed by atoms with van der Waals surface area (Å²) >= 11 is 6.02. The third-order valence-electron chi connectivity index (χ3n) is 3.83. The number of amides is 2. The van der Waals surface area contributed by atoms with Gasteiger partial charge >= 0.3 is 0 Å². The minimum absolute atomic E-state index is 0.00568. The fraction of sp³-hybridized carbons (Fsp3) is 0.312. The van der Waals surface area contributed by atoms with Crippen molar-refractivity contribution in [1.82, 2.24) is 14.7 Å². The Morgan fingerprint density at radius 3 is 2.70 bits per heavy atom. The van der Waals surface area contributed by atoms with Gasteiger partial charge in [-0.15, -0.1) is 0 Å². The van der Waals surface area contributed by atoms with Crippen LogP contribution in [0.15, 0.2) is 30.3 Å². The third-order valence-corrected chi connectivity index (χ3v) is 4.07. The van der Waals surface area contributed by atoms with Gasteiger partial charge < -0.3 is 10.2 Å². The quantitative estimate of drug-likeness (QED) is 0.937. The second-order valence-electron chi connectivity index (χ2n) is 5.67. The maximum atomic E-state index is 12.3. The Morgan fingerprint density at radius 2 is 2.04 bits per heavy atom. The number of nitrogens with one attached hydrogen (secondary N) is 1. The Bertz CT molecular complexity index is 765. The van der Waals surface area contributed by atoms with Crippen LogP contribution in [0.4, 0.5) is 5.82 Å². The van der Waals surface area contributed by atoms with Gasteiger partial charge in [0.05, 0.1) is 17.3 Å². The van der Waals surface area contributed by atoms with Crippen molar-refractivity contribution >= 4 is 29.2 Å². The van der Waals surface area contributed by atoms with E-state index in [0.717, 1.165) is 11.4 Å². The maximum Gasteiger partial charge on any atom is 0.232 e. The summed E-state index contributed by atoms with van der Waals surface area (Å²) < 4.78 is 1.65. The molecule has 1 aromatic heterocycles. The molecule has 1 fully saturated rings. The number of halogens is 1. The molecule has 1 aliphatic heterocycles. The second-order valence-corrected chi connectivity index (χ2v) is 6.11. The van der Waals surface area contributed by atoms with Crippen molar-refractivity contribution in [2.24, 2.45) is 5.92 Å². The average Bonchev–Trinajstić information content (AvgIpc) is 2.77. The number of benzene rings is 1. The van der Waals surface area contributed by atoms with Crippen LogP contribution in [0, 0.1) is 12.8 Å². The average molecular weight is 333 g/mol. The molecule has 1 aliphatic rings. The van der Waals surface area contributed by atoms with Gasteiger partial charge in [0.25, 0.3) is 0 Å². The first-order chi connectivity index (χ1) is 10.9. The first kappa shape index (κ1) is 15.6. The number of carbonyl (C=O) groups excluding carboxylic acids is 2. The van der Waals surface area contributed by atoms with Gasteiger partial charge in [0, 0.05) is 31.1 Å². The van der Waals surface area contributed by atoms with E-state index in [0.29, 0.717) is 23.9 Å². The number of hydrogen-bond donors (Lipinski definition) is 1. The van der Waals surface area contributed by atoms with Crippen molar-refractivity contribution in [3.05, 3.63) is 41.0 Å². The zero-order chi connectivity index (χ0) is 16.6. The zero-order valence-corrected chi connectivity index (χ0v) is 13.7. The molecule has 120 valence electrons. The fourth-order valence-electron chi connectivity index (χ4n) is 2.52. The number of carbonyl (C=O) groups is 2. The van der Waals surface area contributed by atoms with Crippen molar-refractivity contribution in [3.8, 4) is 5.69 Å². The molecule has 1 saturated heterocycles. The highest BCUT2D eigenvalue weighted by atomic mass is 35.5. The Morgan fingerprint density at radius 1 is 1.30 bits per heavy atom. The highest BCUT2D eigenvalue weighted by Crippen LogP contribution is 2.22. The van der Waals surface area contributed by atoms with Crippen LogP contribution in [0.3, 0.4) is 0 Å². The molecule has 0 aliphatic carbocycles. The van der Waals surface area contributed by atoms with Crippen molar-refractivity contribution in [2.45, 2.75) is 13.8 Å². The molecule has 0 saturated carbocycles. The fourth-order valence-corrected chi connectivity index (χ4v) is 2.71. The van der Waals surface area contributed by atoms with E-state index in [1.54, 1.807) is 27.8 Å². The maximum absolute atomic E-state index is 12.3. The number of aryl methyl sites for hydroxylation is 1. The largest absolute Gasteiger partial charge is 0.341 e. The summed E-state index contributed by atoms with van der Waals surface area (Å²) in [6.07, 6.45) is 0. The molecule has 23 heavy (non-hydrogen) atoms. The Balaban J connectivity index is 1.76. The lowest BCUT2D eigenvalue weighted by Crippen LogP contribution is -2.53. The van der Waals surface area contributed by atoms with E-state index in [-0.39, 0.29) is 17.7 Å². The van der Waals surface area contributed by atoms with E-state index >= 15 is 0 Å². The number of nitrogens with zero attached hydrogens (tertiary/aromatic N) is 3. The molecule has 2 aromatic rings. The van der Waals surface area contributed by atoms with Crippen LogP contribution in [-0.2, 0) is 9.59 Å². The van der Waals surface area contributed by atoms with Crippen LogP contribution in [0.1, 0.15) is 12.6 Å². The van der Waals surface area contributed by atoms with E-state index in [1.807, 2.05) is 19.1 Å². The van der Waals surface area contributed by atoms with Gasteiger partial charge in [0.2, 0.25) is 11.8 Å². The molecule has 7 heteroatoms. The van der Waals surface area contributed by atoms with Gasteiger partial charge in [-0.25, -0.2) is 4.68 Å². The summed E-state index contributed by atoms with van der Waals surface area (Å²) in [5.74, 6) is 0.303. The summed E-state index contributed by atoms with van der Waals surface area (Å²) in [5, 5.41) is 7.89. The molecule has 0 spiro atoms. The molecular weight excluding hydrogens is 316 g/mol. The van der Waals surface area contributed by atoms with Gasteiger partial charge in [-0.1, -0.05) is 17.7 Å². The molecular formula is C16H17ClN4O2. The summed E-state index contributed by atoms with van der Waals surface area (Å²) in [6.45, 7) is 4.29. The van der Waals surface area contributed by atoms with Crippen molar-refractivity contribution in [2.75, 3.05) is 18.4 Å². The number of aromatic nitrogens is 2. The summed E-state index contributed by atoms with van der Waals surface area (Å²) in [6, 6.07) is 9.07. The molecule has 3 rings (SSSR count). The van der Waals surface area contributed by atoms with Crippen LogP contribution in [-0.4, -0.2) is 39.6 Å². The zero-order valence-electron chi connectivity index (χ0n) is 12.9. The summed E-state index contributed by atoms with van der Waals surface area (Å²) in [4.78, 5) is 25.1. The molecule has 1 aromatic carbocycles. The number of anilines is 1. The lowest BCUT2D eigenvalue weighted by atomic mass is 9.99. The van der Waals surface area contributed by atoms with Crippen molar-refractivity contribution in [3.63, 3.8) is 0 Å². The smallest absolute Gasteiger partial charge is 0.232 e. The minimum Gasteiger partial charge on any atom is -0.341 e. The van der Waals surface area contributed by atoms with E-state index in [1.165, 1.54) is 6.92 Å². The normalized spacial score (nSPS) is 14.5. The first-order valence-corrected chi connectivity index (χ1v) is 7.71. The molecule has 0 atom stereocenters. The van der Waals surface area contributed by atoms with Gasteiger partial charge in [-0.2, -0.15) is 5.10 Å². The highest BCUT2D eigenvalue weighted by molar-refractivity contribution is 6.30. The number of likely N-dealkylation sites (tertiary alicyclic amines) is 1. The first-order valence-electron chi connectivity index (χ1n) is 7.33. The topological polar surface area (TPSA) is 67.2 Å². The van der Waals surface area contributed by atoms with Gasteiger partial charge in [-0.05, 0) is 25.1 Å². The number of hydrogen-bond acceptors (Lipinski definition) is 3. The van der Waals surface area contributed by atoms with Gasteiger partial charge in [0.15, 0.2) is 0 Å². The van der Waals surface area contributed by atoms with Crippen molar-refractivity contribution in [1.29, 1.82) is 0 Å². The minimum atomic E-state index is -0.179. The lowest BCUT2D eigenvalue weighted by molar-refractivity contribution is -0.139. The second kappa shape index (κ2) is 6.04. The molecule has 6 nitrogen and oxygen atoms in total. The molecule has 0 bridgehead atoms. The predicted octanol–water partition coefficient (Wildman–Crippen LogP) is 2.25. The van der Waals surface area contributed by atoms with Crippen LogP contribution in [0.2, 0.25) is 5.02 Å². The van der Waals surface area contributed by atoms with Crippen LogP contribution in [0.5, 0.6) is 0 Å². The van der Waals surface area contributed by atoms with Crippen molar-refractivity contribution < 1.29 is 9.59 Å². The Labute approximate surface area is 139 Å². The summed E-state index contributed by atoms with van der Waals surface area (Å²) in [7, 11) is 0. The summed E-state index contributed by atoms with van der Waals surface area (Å²) in [5.41, 5.74) is 1.57. The number of rotatable bonds is 3. The molecule has 0 radical (unpaired) electrons. The van der Waals surface area contributed by atoms with Crippen LogP contribution >= 0.6 is 11.6 Å².